The lowest BCUT2D eigenvalue weighted by molar-refractivity contribution is 0.0719. The Bertz CT molecular complexity index is 3160. The molecule has 0 heterocycles. The summed E-state index contributed by atoms with van der Waals surface area (Å²) in [5.74, 6) is -3.75. The van der Waals surface area contributed by atoms with Crippen LogP contribution in [0.1, 0.15) is 184 Å². The van der Waals surface area contributed by atoms with Gasteiger partial charge in [0, 0.05) is 5.56 Å². The predicted molar refractivity (Wildman–Crippen MR) is 317 cm³/mol. The highest BCUT2D eigenvalue weighted by molar-refractivity contribution is 5.94. The predicted octanol–water partition coefficient (Wildman–Crippen LogP) is 18.9. The van der Waals surface area contributed by atoms with E-state index in [1.807, 2.05) is 0 Å². The lowest BCUT2D eigenvalue weighted by Gasteiger charge is -2.11. The zero-order chi connectivity index (χ0) is 58.6. The molecule has 0 aromatic heterocycles. The Morgan fingerprint density at radius 1 is 0.301 bits per heavy atom. The average Bonchev–Trinajstić information content (AvgIpc) is 3.70. The molecular formula is C70H75F3O10. The van der Waals surface area contributed by atoms with Crippen molar-refractivity contribution in [3.8, 4) is 56.8 Å². The number of carbonyl (C=O) groups excluding carboxylic acids is 4. The van der Waals surface area contributed by atoms with Gasteiger partial charge >= 0.3 is 23.9 Å². The van der Waals surface area contributed by atoms with E-state index in [0.717, 1.165) is 56.2 Å². The number of halogens is 3. The Labute approximate surface area is 486 Å². The highest BCUT2D eigenvalue weighted by Crippen LogP contribution is 2.32. The summed E-state index contributed by atoms with van der Waals surface area (Å²) in [7, 11) is 0. The van der Waals surface area contributed by atoms with Gasteiger partial charge in [-0.05, 0) is 151 Å². The van der Waals surface area contributed by atoms with Crippen LogP contribution in [0.15, 0.2) is 152 Å². The van der Waals surface area contributed by atoms with Crippen LogP contribution < -0.4 is 28.4 Å². The van der Waals surface area contributed by atoms with Gasteiger partial charge in [0.15, 0.2) is 23.1 Å². The van der Waals surface area contributed by atoms with Crippen molar-refractivity contribution in [2.75, 3.05) is 13.2 Å². The number of hydrogen-bond acceptors (Lipinski definition) is 10. The second-order valence-corrected chi connectivity index (χ2v) is 20.7. The van der Waals surface area contributed by atoms with Crippen molar-refractivity contribution < 1.29 is 60.8 Å². The van der Waals surface area contributed by atoms with Gasteiger partial charge in [-0.1, -0.05) is 160 Å². The smallest absolute Gasteiger partial charge is 0.343 e. The van der Waals surface area contributed by atoms with Crippen LogP contribution in [-0.2, 0) is 0 Å². The van der Waals surface area contributed by atoms with Crippen molar-refractivity contribution in [2.24, 2.45) is 0 Å². The molecule has 0 aliphatic carbocycles. The van der Waals surface area contributed by atoms with Crippen LogP contribution in [0, 0.1) is 17.5 Å². The molecule has 7 rings (SSSR count). The van der Waals surface area contributed by atoms with E-state index in [2.05, 4.69) is 13.8 Å². The van der Waals surface area contributed by atoms with Crippen molar-refractivity contribution in [1.29, 1.82) is 0 Å². The van der Waals surface area contributed by atoms with Crippen molar-refractivity contribution in [1.82, 2.24) is 0 Å². The second-order valence-electron chi connectivity index (χ2n) is 20.7. The number of esters is 4. The minimum Gasteiger partial charge on any atom is -0.491 e. The molecule has 0 N–H and O–H groups in total. The van der Waals surface area contributed by atoms with Crippen LogP contribution in [0.5, 0.6) is 34.5 Å². The van der Waals surface area contributed by atoms with Gasteiger partial charge in [0.1, 0.15) is 28.8 Å². The maximum Gasteiger partial charge on any atom is 0.343 e. The van der Waals surface area contributed by atoms with Crippen molar-refractivity contribution >= 4 is 23.9 Å². The van der Waals surface area contributed by atoms with Gasteiger partial charge in [0.2, 0.25) is 0 Å². The molecule has 0 aliphatic rings. The summed E-state index contributed by atoms with van der Waals surface area (Å²) >= 11 is 0. The Morgan fingerprint density at radius 3 is 0.964 bits per heavy atom. The van der Waals surface area contributed by atoms with Gasteiger partial charge in [-0.15, -0.1) is 0 Å². The van der Waals surface area contributed by atoms with E-state index in [-0.39, 0.29) is 56.8 Å². The molecule has 0 aliphatic heterocycles. The molecule has 0 amide bonds. The van der Waals surface area contributed by atoms with E-state index in [1.54, 1.807) is 60.7 Å². The molecule has 7 aromatic carbocycles. The van der Waals surface area contributed by atoms with Crippen LogP contribution in [0.3, 0.4) is 0 Å². The van der Waals surface area contributed by atoms with Crippen LogP contribution in [0.25, 0.3) is 22.3 Å². The number of carbonyl (C=O) groups is 4. The number of rotatable bonds is 34. The second kappa shape index (κ2) is 33.7. The van der Waals surface area contributed by atoms with E-state index in [0.29, 0.717) is 29.9 Å². The van der Waals surface area contributed by atoms with Crippen LogP contribution in [0.4, 0.5) is 13.2 Å². The topological polar surface area (TPSA) is 124 Å². The van der Waals surface area contributed by atoms with E-state index in [9.17, 15) is 28.0 Å². The Hall–Kier alpha value is -8.19. The summed E-state index contributed by atoms with van der Waals surface area (Å²) in [4.78, 5) is 51.8. The molecule has 10 nitrogen and oxygen atoms in total. The average molecular weight is 1130 g/mol. The van der Waals surface area contributed by atoms with Crippen molar-refractivity contribution in [2.45, 2.75) is 142 Å². The fourth-order valence-corrected chi connectivity index (χ4v) is 9.36. The highest BCUT2D eigenvalue weighted by atomic mass is 19.1. The van der Waals surface area contributed by atoms with Gasteiger partial charge in [-0.2, -0.15) is 0 Å². The lowest BCUT2D eigenvalue weighted by atomic mass is 9.98. The van der Waals surface area contributed by atoms with E-state index in [1.165, 1.54) is 169 Å². The molecule has 13 heteroatoms. The fourth-order valence-electron chi connectivity index (χ4n) is 9.36. The molecule has 0 atom stereocenters. The first-order valence-corrected chi connectivity index (χ1v) is 29.4. The minimum absolute atomic E-state index is 0.00688. The summed E-state index contributed by atoms with van der Waals surface area (Å²) < 4.78 is 78.3. The largest absolute Gasteiger partial charge is 0.491 e. The molecule has 0 spiro atoms. The van der Waals surface area contributed by atoms with Crippen LogP contribution >= 0.6 is 0 Å². The fraction of sp³-hybridized carbons (Fsp3) is 0.343. The summed E-state index contributed by atoms with van der Waals surface area (Å²) in [5.41, 5.74) is 2.62. The third kappa shape index (κ3) is 20.3. The number of ether oxygens (including phenoxy) is 6. The SMILES string of the molecule is CCCCCCCCCCCCOc1ccc(C(=O)Oc2ccc(C(=O)Oc3ccc(-c4ccc(F)c(-c5ccc(OC(=O)c6ccc(OC(=O)c7ccc(OCCCCCCCCCCCC)c(F)c7)cc6)cc5)c4)cc3)cc2)cc1F. The Balaban J connectivity index is 0.820. The van der Waals surface area contributed by atoms with Gasteiger partial charge in [-0.25, -0.2) is 32.3 Å². The monoisotopic (exact) mass is 1130 g/mol. The molecule has 0 bridgehead atoms. The van der Waals surface area contributed by atoms with Crippen LogP contribution in [-0.4, -0.2) is 37.1 Å². The number of hydrogen-bond donors (Lipinski definition) is 0. The molecule has 0 saturated carbocycles. The zero-order valence-electron chi connectivity index (χ0n) is 47.7. The maximum absolute atomic E-state index is 15.3. The van der Waals surface area contributed by atoms with Gasteiger partial charge < -0.3 is 28.4 Å². The van der Waals surface area contributed by atoms with Gasteiger partial charge in [0.05, 0.1) is 35.5 Å². The molecule has 436 valence electrons. The first kappa shape index (κ1) is 62.4. The third-order valence-electron chi connectivity index (χ3n) is 14.2. The van der Waals surface area contributed by atoms with Crippen molar-refractivity contribution in [3.63, 3.8) is 0 Å². The first-order chi connectivity index (χ1) is 40.5. The van der Waals surface area contributed by atoms with E-state index < -0.39 is 41.3 Å². The molecule has 0 fully saturated rings. The summed E-state index contributed by atoms with van der Waals surface area (Å²) in [5, 5.41) is 0. The lowest BCUT2D eigenvalue weighted by Crippen LogP contribution is -2.11. The Kier molecular flexibility index (Phi) is 25.3. The Morgan fingerprint density at radius 2 is 0.602 bits per heavy atom. The summed E-state index contributed by atoms with van der Waals surface area (Å²) in [6.45, 7) is 5.22. The molecule has 0 saturated heterocycles. The van der Waals surface area contributed by atoms with E-state index in [4.69, 9.17) is 28.4 Å². The quantitative estimate of drug-likeness (QED) is 0.0219. The molecule has 83 heavy (non-hydrogen) atoms. The summed E-state index contributed by atoms with van der Waals surface area (Å²) in [6, 6.07) is 37.1. The number of benzene rings is 7. The van der Waals surface area contributed by atoms with Crippen molar-refractivity contribution in [3.05, 3.63) is 191 Å². The van der Waals surface area contributed by atoms with Crippen LogP contribution in [0.2, 0.25) is 0 Å². The van der Waals surface area contributed by atoms with Gasteiger partial charge in [0.25, 0.3) is 0 Å². The van der Waals surface area contributed by atoms with E-state index >= 15 is 4.39 Å². The maximum atomic E-state index is 15.3. The normalized spacial score (nSPS) is 11.0. The molecule has 0 unspecified atom stereocenters. The molecule has 7 aromatic rings. The highest BCUT2D eigenvalue weighted by Gasteiger charge is 2.18. The first-order valence-electron chi connectivity index (χ1n) is 29.4. The standard InChI is InChI=1S/C70H75F3O10/c1-3-5-7-9-11-13-15-17-19-21-45-78-65-43-32-55(48-63(65)72)69(76)82-59-38-27-52(28-39-59)67(74)80-57-34-23-50(24-35-57)54-31-42-62(71)61(47-54)51-25-36-58(37-26-51)81-68(75)53-29-40-60(41-30-53)83-70(77)56-33-44-66(64(73)49-56)79-46-22-20-18-16-14-12-10-8-6-4-2/h23-44,47-49H,3-22,45-46H2,1-2H3. The molecular weight excluding hydrogens is 1060 g/mol. The van der Waals surface area contributed by atoms with Gasteiger partial charge in [-0.3, -0.25) is 0 Å². The zero-order valence-corrected chi connectivity index (χ0v) is 47.7. The molecule has 0 radical (unpaired) electrons. The minimum atomic E-state index is -0.775. The summed E-state index contributed by atoms with van der Waals surface area (Å²) in [6.07, 6.45) is 23.7. The third-order valence-corrected chi connectivity index (χ3v) is 14.2. The number of unbranched alkanes of at least 4 members (excludes halogenated alkanes) is 18.